The Morgan fingerprint density at radius 1 is 1.04 bits per heavy atom. The van der Waals surface area contributed by atoms with Crippen LogP contribution in [0.1, 0.15) is 34.0 Å². The van der Waals surface area contributed by atoms with Gasteiger partial charge in [-0.25, -0.2) is 4.79 Å². The second-order valence-corrected chi connectivity index (χ2v) is 6.40. The van der Waals surface area contributed by atoms with Crippen molar-refractivity contribution in [3.05, 3.63) is 70.8 Å². The Bertz CT molecular complexity index is 846. The molecule has 7 heteroatoms. The summed E-state index contributed by atoms with van der Waals surface area (Å²) in [5.41, 5.74) is 1.36. The molecule has 1 aliphatic heterocycles. The van der Waals surface area contributed by atoms with Crippen LogP contribution < -0.4 is 0 Å². The highest BCUT2D eigenvalue weighted by molar-refractivity contribution is 5.92. The molecule has 0 radical (unpaired) electrons. The van der Waals surface area contributed by atoms with Gasteiger partial charge in [0, 0.05) is 13.1 Å². The lowest BCUT2D eigenvalue weighted by molar-refractivity contribution is -0.140. The molecule has 0 N–H and O–H groups in total. The fraction of sp³-hybridized carbons (Fsp3) is 0.300. The van der Waals surface area contributed by atoms with Gasteiger partial charge in [-0.2, -0.15) is 13.2 Å². The van der Waals surface area contributed by atoms with E-state index in [0.29, 0.717) is 13.1 Å². The van der Waals surface area contributed by atoms with E-state index in [1.165, 1.54) is 12.5 Å². The molecule has 0 aliphatic carbocycles. The zero-order valence-electron chi connectivity index (χ0n) is 14.6. The van der Waals surface area contributed by atoms with Gasteiger partial charge in [0.05, 0.1) is 11.1 Å². The van der Waals surface area contributed by atoms with E-state index in [-0.39, 0.29) is 11.5 Å². The minimum absolute atomic E-state index is 0.0355. The van der Waals surface area contributed by atoms with Crippen molar-refractivity contribution in [2.24, 2.45) is 0 Å². The van der Waals surface area contributed by atoms with Crippen LogP contribution in [0, 0.1) is 0 Å². The Labute approximate surface area is 154 Å². The third-order valence-electron chi connectivity index (χ3n) is 4.52. The minimum atomic E-state index is -4.48. The number of alkyl halides is 3. The number of carbonyl (C=O) groups is 2. The summed E-state index contributed by atoms with van der Waals surface area (Å²) in [5.74, 6) is -1.16. The van der Waals surface area contributed by atoms with Gasteiger partial charge in [-0.05, 0) is 48.7 Å². The topological polar surface area (TPSA) is 46.6 Å². The van der Waals surface area contributed by atoms with Crippen molar-refractivity contribution in [3.8, 4) is 0 Å². The SMILES string of the molecule is C[C@@H](OC(=O)c1ccc(C(F)(F)F)cc1)C(=O)N1CCc2ccccc2C1. The van der Waals surface area contributed by atoms with Gasteiger partial charge in [0.15, 0.2) is 6.10 Å². The van der Waals surface area contributed by atoms with Crippen LogP contribution in [-0.4, -0.2) is 29.4 Å². The molecule has 1 atom stereocenters. The zero-order valence-corrected chi connectivity index (χ0v) is 14.6. The first-order chi connectivity index (χ1) is 12.8. The molecule has 0 bridgehead atoms. The quantitative estimate of drug-likeness (QED) is 0.764. The number of hydrogen-bond acceptors (Lipinski definition) is 3. The minimum Gasteiger partial charge on any atom is -0.449 e. The van der Waals surface area contributed by atoms with Crippen LogP contribution in [-0.2, 0) is 28.7 Å². The molecular formula is C20H18F3NO3. The molecule has 0 saturated carbocycles. The predicted octanol–water partition coefficient (Wildman–Crippen LogP) is 3.84. The molecule has 142 valence electrons. The second kappa shape index (κ2) is 7.42. The van der Waals surface area contributed by atoms with Crippen LogP contribution >= 0.6 is 0 Å². The largest absolute Gasteiger partial charge is 0.449 e. The van der Waals surface area contributed by atoms with Crippen molar-refractivity contribution >= 4 is 11.9 Å². The third-order valence-corrected chi connectivity index (χ3v) is 4.52. The van der Waals surface area contributed by atoms with E-state index in [0.717, 1.165) is 36.2 Å². The van der Waals surface area contributed by atoms with Crippen LogP contribution in [0.2, 0.25) is 0 Å². The highest BCUT2D eigenvalue weighted by Gasteiger charge is 2.31. The summed E-state index contributed by atoms with van der Waals surface area (Å²) < 4.78 is 42.9. The lowest BCUT2D eigenvalue weighted by Crippen LogP contribution is -2.42. The average Bonchev–Trinajstić information content (AvgIpc) is 2.66. The van der Waals surface area contributed by atoms with E-state index in [4.69, 9.17) is 4.74 Å². The lowest BCUT2D eigenvalue weighted by atomic mass is 9.99. The summed E-state index contributed by atoms with van der Waals surface area (Å²) in [4.78, 5) is 26.3. The molecule has 1 heterocycles. The predicted molar refractivity (Wildman–Crippen MR) is 91.9 cm³/mol. The summed E-state index contributed by atoms with van der Waals surface area (Å²) in [6.45, 7) is 2.43. The standard InChI is InChI=1S/C20H18F3NO3/c1-13(18(25)24-11-10-14-4-2-3-5-16(14)12-24)27-19(26)15-6-8-17(9-7-15)20(21,22)23/h2-9,13H,10-12H2,1H3/t13-/m1/s1. The third kappa shape index (κ3) is 4.30. The van der Waals surface area contributed by atoms with E-state index >= 15 is 0 Å². The normalized spacial score (nSPS) is 15.0. The first kappa shape index (κ1) is 18.9. The Kier molecular flexibility index (Phi) is 5.21. The van der Waals surface area contributed by atoms with E-state index in [9.17, 15) is 22.8 Å². The smallest absolute Gasteiger partial charge is 0.416 e. The molecule has 27 heavy (non-hydrogen) atoms. The zero-order chi connectivity index (χ0) is 19.6. The maximum Gasteiger partial charge on any atom is 0.416 e. The Hall–Kier alpha value is -2.83. The monoisotopic (exact) mass is 377 g/mol. The van der Waals surface area contributed by atoms with Gasteiger partial charge in [0.1, 0.15) is 0 Å². The molecule has 4 nitrogen and oxygen atoms in total. The molecule has 0 fully saturated rings. The van der Waals surface area contributed by atoms with Crippen molar-refractivity contribution in [3.63, 3.8) is 0 Å². The number of amides is 1. The first-order valence-electron chi connectivity index (χ1n) is 8.49. The van der Waals surface area contributed by atoms with Gasteiger partial charge in [-0.3, -0.25) is 4.79 Å². The van der Waals surface area contributed by atoms with Gasteiger partial charge in [-0.1, -0.05) is 24.3 Å². The number of fused-ring (bicyclic) bond motifs is 1. The fourth-order valence-electron chi connectivity index (χ4n) is 3.02. The molecule has 0 spiro atoms. The van der Waals surface area contributed by atoms with Crippen LogP contribution in [0.15, 0.2) is 48.5 Å². The number of ether oxygens (including phenoxy) is 1. The van der Waals surface area contributed by atoms with Crippen LogP contribution in [0.25, 0.3) is 0 Å². The van der Waals surface area contributed by atoms with Crippen molar-refractivity contribution in [2.75, 3.05) is 6.54 Å². The molecule has 2 aromatic rings. The molecule has 1 amide bonds. The summed E-state index contributed by atoms with van der Waals surface area (Å²) in [7, 11) is 0. The number of hydrogen-bond donors (Lipinski definition) is 0. The maximum absolute atomic E-state index is 12.6. The molecule has 1 aliphatic rings. The molecule has 0 aromatic heterocycles. The molecule has 0 saturated heterocycles. The molecular weight excluding hydrogens is 359 g/mol. The summed E-state index contributed by atoms with van der Waals surface area (Å²) in [6, 6.07) is 11.5. The van der Waals surface area contributed by atoms with Crippen molar-refractivity contribution in [1.29, 1.82) is 0 Å². The number of benzene rings is 2. The lowest BCUT2D eigenvalue weighted by Gasteiger charge is -2.30. The van der Waals surface area contributed by atoms with Gasteiger partial charge < -0.3 is 9.64 Å². The molecule has 0 unspecified atom stereocenters. The van der Waals surface area contributed by atoms with Gasteiger partial charge >= 0.3 is 12.1 Å². The summed E-state index contributed by atoms with van der Waals surface area (Å²) in [6.07, 6.45) is -4.78. The van der Waals surface area contributed by atoms with Crippen LogP contribution in [0.4, 0.5) is 13.2 Å². The molecule has 2 aromatic carbocycles. The van der Waals surface area contributed by atoms with Crippen molar-refractivity contribution in [2.45, 2.75) is 32.2 Å². The fourth-order valence-corrected chi connectivity index (χ4v) is 3.02. The van der Waals surface area contributed by atoms with Crippen molar-refractivity contribution < 1.29 is 27.5 Å². The Morgan fingerprint density at radius 2 is 1.67 bits per heavy atom. The number of rotatable bonds is 3. The number of halogens is 3. The summed E-state index contributed by atoms with van der Waals surface area (Å²) >= 11 is 0. The highest BCUT2D eigenvalue weighted by atomic mass is 19.4. The van der Waals surface area contributed by atoms with Gasteiger partial charge in [0.25, 0.3) is 5.91 Å². The van der Waals surface area contributed by atoms with E-state index in [1.807, 2.05) is 24.3 Å². The number of nitrogens with zero attached hydrogens (tertiary/aromatic N) is 1. The van der Waals surface area contributed by atoms with Gasteiger partial charge in [-0.15, -0.1) is 0 Å². The first-order valence-corrected chi connectivity index (χ1v) is 8.49. The highest BCUT2D eigenvalue weighted by Crippen LogP contribution is 2.29. The average molecular weight is 377 g/mol. The Balaban J connectivity index is 1.62. The van der Waals surface area contributed by atoms with Crippen LogP contribution in [0.5, 0.6) is 0 Å². The number of esters is 1. The van der Waals surface area contributed by atoms with E-state index < -0.39 is 23.8 Å². The van der Waals surface area contributed by atoms with E-state index in [2.05, 4.69) is 0 Å². The maximum atomic E-state index is 12.6. The second-order valence-electron chi connectivity index (χ2n) is 6.40. The summed E-state index contributed by atoms with van der Waals surface area (Å²) in [5, 5.41) is 0. The number of carbonyl (C=O) groups excluding carboxylic acids is 2. The van der Waals surface area contributed by atoms with Gasteiger partial charge in [0.2, 0.25) is 0 Å². The Morgan fingerprint density at radius 3 is 2.30 bits per heavy atom. The van der Waals surface area contributed by atoms with Crippen molar-refractivity contribution in [1.82, 2.24) is 4.90 Å². The van der Waals surface area contributed by atoms with Crippen LogP contribution in [0.3, 0.4) is 0 Å². The van der Waals surface area contributed by atoms with E-state index in [1.54, 1.807) is 4.90 Å². The molecule has 3 rings (SSSR count).